The van der Waals surface area contributed by atoms with Crippen LogP contribution < -0.4 is 0 Å². The van der Waals surface area contributed by atoms with Crippen molar-refractivity contribution < 1.29 is 24.5 Å². The van der Waals surface area contributed by atoms with Gasteiger partial charge in [-0.1, -0.05) is 0 Å². The average Bonchev–Trinajstić information content (AvgIpc) is 2.23. The van der Waals surface area contributed by atoms with E-state index in [2.05, 4.69) is 9.47 Å². The Morgan fingerprint density at radius 3 is 2.27 bits per heavy atom. The molecule has 0 unspecified atom stereocenters. The molecular weight excluding hydrogens is 202 g/mol. The van der Waals surface area contributed by atoms with Crippen LogP contribution in [0.1, 0.15) is 6.42 Å². The number of aliphatic hydroxyl groups excluding tert-OH is 2. The molecule has 0 atom stereocenters. The van der Waals surface area contributed by atoms with E-state index >= 15 is 0 Å². The molecule has 0 saturated heterocycles. The van der Waals surface area contributed by atoms with Gasteiger partial charge in [0.15, 0.2) is 6.79 Å². The first kappa shape index (κ1) is 14.3. The van der Waals surface area contributed by atoms with Crippen molar-refractivity contribution in [1.29, 1.82) is 0 Å². The minimum absolute atomic E-state index is 0.00706. The molecule has 0 saturated carbocycles. The third-order valence-electron chi connectivity index (χ3n) is 1.80. The van der Waals surface area contributed by atoms with E-state index in [4.69, 9.17) is 10.2 Å². The first-order chi connectivity index (χ1) is 7.24. The van der Waals surface area contributed by atoms with Crippen LogP contribution in [0.15, 0.2) is 0 Å². The predicted octanol–water partition coefficient (Wildman–Crippen LogP) is -1.19. The lowest BCUT2D eigenvalue weighted by Gasteiger charge is -2.19. The zero-order valence-corrected chi connectivity index (χ0v) is 9.02. The van der Waals surface area contributed by atoms with E-state index in [1.165, 1.54) is 7.11 Å². The summed E-state index contributed by atoms with van der Waals surface area (Å²) < 4.78 is 9.26. The molecule has 0 aliphatic carbocycles. The third-order valence-corrected chi connectivity index (χ3v) is 1.80. The number of rotatable bonds is 9. The number of ether oxygens (including phenoxy) is 2. The van der Waals surface area contributed by atoms with Gasteiger partial charge in [-0.05, 0) is 0 Å². The molecule has 0 rings (SSSR count). The van der Waals surface area contributed by atoms with E-state index in [-0.39, 0.29) is 32.4 Å². The van der Waals surface area contributed by atoms with Crippen LogP contribution >= 0.6 is 0 Å². The Morgan fingerprint density at radius 2 is 1.80 bits per heavy atom. The number of hydrogen-bond acceptors (Lipinski definition) is 6. The van der Waals surface area contributed by atoms with Gasteiger partial charge in [-0.3, -0.25) is 9.69 Å². The highest BCUT2D eigenvalue weighted by atomic mass is 16.7. The molecule has 90 valence electrons. The van der Waals surface area contributed by atoms with Crippen molar-refractivity contribution in [2.24, 2.45) is 0 Å². The minimum Gasteiger partial charge on any atom is -0.438 e. The van der Waals surface area contributed by atoms with Crippen LogP contribution in [0, 0.1) is 0 Å². The van der Waals surface area contributed by atoms with Crippen molar-refractivity contribution in [3.05, 3.63) is 0 Å². The molecular formula is C9H19NO5. The maximum Gasteiger partial charge on any atom is 0.309 e. The van der Waals surface area contributed by atoms with Gasteiger partial charge in [-0.2, -0.15) is 0 Å². The second kappa shape index (κ2) is 9.85. The summed E-state index contributed by atoms with van der Waals surface area (Å²) in [4.78, 5) is 12.8. The summed E-state index contributed by atoms with van der Waals surface area (Å²) in [6.45, 7) is 1.32. The van der Waals surface area contributed by atoms with Crippen LogP contribution in [0.2, 0.25) is 0 Å². The van der Waals surface area contributed by atoms with Gasteiger partial charge in [-0.25, -0.2) is 0 Å². The van der Waals surface area contributed by atoms with E-state index in [1.807, 2.05) is 0 Å². The molecule has 0 aromatic carbocycles. The highest BCUT2D eigenvalue weighted by Crippen LogP contribution is 1.93. The Balaban J connectivity index is 3.62. The van der Waals surface area contributed by atoms with E-state index in [0.29, 0.717) is 19.6 Å². The summed E-state index contributed by atoms with van der Waals surface area (Å²) in [5.74, 6) is -0.349. The van der Waals surface area contributed by atoms with Crippen molar-refractivity contribution >= 4 is 5.97 Å². The summed E-state index contributed by atoms with van der Waals surface area (Å²) in [5, 5.41) is 17.4. The van der Waals surface area contributed by atoms with E-state index in [9.17, 15) is 4.79 Å². The first-order valence-electron chi connectivity index (χ1n) is 4.83. The lowest BCUT2D eigenvalue weighted by atomic mass is 10.3. The molecule has 0 aliphatic heterocycles. The second-order valence-electron chi connectivity index (χ2n) is 2.96. The Kier molecular flexibility index (Phi) is 9.40. The fourth-order valence-corrected chi connectivity index (χ4v) is 1.06. The van der Waals surface area contributed by atoms with Crippen LogP contribution in [0.25, 0.3) is 0 Å². The van der Waals surface area contributed by atoms with E-state index < -0.39 is 0 Å². The van der Waals surface area contributed by atoms with Gasteiger partial charge in [0.1, 0.15) is 0 Å². The van der Waals surface area contributed by atoms with Crippen molar-refractivity contribution in [3.8, 4) is 0 Å². The van der Waals surface area contributed by atoms with Crippen molar-refractivity contribution in [2.45, 2.75) is 6.42 Å². The largest absolute Gasteiger partial charge is 0.438 e. The van der Waals surface area contributed by atoms with Crippen LogP contribution in [-0.2, 0) is 14.3 Å². The normalized spacial score (nSPS) is 10.7. The SMILES string of the molecule is COCOC(=O)CCN(CCO)CCO. The Morgan fingerprint density at radius 1 is 1.20 bits per heavy atom. The molecule has 0 fully saturated rings. The van der Waals surface area contributed by atoms with E-state index in [1.54, 1.807) is 4.90 Å². The molecule has 0 aromatic heterocycles. The number of hydrogen-bond donors (Lipinski definition) is 2. The quantitative estimate of drug-likeness (QED) is 0.376. The number of esters is 1. The fraction of sp³-hybridized carbons (Fsp3) is 0.889. The highest BCUT2D eigenvalue weighted by Gasteiger charge is 2.08. The van der Waals surface area contributed by atoms with Crippen molar-refractivity contribution in [2.75, 3.05) is 46.8 Å². The topological polar surface area (TPSA) is 79.2 Å². The molecule has 0 amide bonds. The maximum absolute atomic E-state index is 11.1. The molecule has 0 radical (unpaired) electrons. The highest BCUT2D eigenvalue weighted by molar-refractivity contribution is 5.69. The number of nitrogens with zero attached hydrogens (tertiary/aromatic N) is 1. The fourth-order valence-electron chi connectivity index (χ4n) is 1.06. The minimum atomic E-state index is -0.349. The molecule has 2 N–H and O–H groups in total. The average molecular weight is 221 g/mol. The van der Waals surface area contributed by atoms with Gasteiger partial charge >= 0.3 is 5.97 Å². The number of carbonyl (C=O) groups is 1. The zero-order valence-electron chi connectivity index (χ0n) is 9.02. The van der Waals surface area contributed by atoms with E-state index in [0.717, 1.165) is 0 Å². The summed E-state index contributed by atoms with van der Waals surface area (Å²) in [7, 11) is 1.44. The summed E-state index contributed by atoms with van der Waals surface area (Å²) >= 11 is 0. The Labute approximate surface area is 89.4 Å². The van der Waals surface area contributed by atoms with Crippen molar-refractivity contribution in [1.82, 2.24) is 4.90 Å². The van der Waals surface area contributed by atoms with Gasteiger partial charge in [0, 0.05) is 26.7 Å². The van der Waals surface area contributed by atoms with Crippen LogP contribution in [0.3, 0.4) is 0 Å². The third kappa shape index (κ3) is 8.31. The van der Waals surface area contributed by atoms with Crippen molar-refractivity contribution in [3.63, 3.8) is 0 Å². The lowest BCUT2D eigenvalue weighted by molar-refractivity contribution is -0.154. The van der Waals surface area contributed by atoms with Gasteiger partial charge in [0.2, 0.25) is 0 Å². The molecule has 0 spiro atoms. The first-order valence-corrected chi connectivity index (χ1v) is 4.83. The smallest absolute Gasteiger partial charge is 0.309 e. The Hall–Kier alpha value is -0.690. The van der Waals surface area contributed by atoms with Gasteiger partial charge in [0.25, 0.3) is 0 Å². The molecule has 0 heterocycles. The van der Waals surface area contributed by atoms with Crippen LogP contribution in [0.4, 0.5) is 0 Å². The summed E-state index contributed by atoms with van der Waals surface area (Å²) in [5.41, 5.74) is 0. The summed E-state index contributed by atoms with van der Waals surface area (Å²) in [6, 6.07) is 0. The molecule has 6 heteroatoms. The molecule has 0 aromatic rings. The monoisotopic (exact) mass is 221 g/mol. The van der Waals surface area contributed by atoms with Gasteiger partial charge < -0.3 is 19.7 Å². The zero-order chi connectivity index (χ0) is 11.5. The molecule has 0 aliphatic rings. The Bertz CT molecular complexity index is 159. The molecule has 15 heavy (non-hydrogen) atoms. The summed E-state index contributed by atoms with van der Waals surface area (Å²) in [6.07, 6.45) is 0.226. The lowest BCUT2D eigenvalue weighted by Crippen LogP contribution is -2.32. The number of methoxy groups -OCH3 is 1. The standard InChI is InChI=1S/C9H19NO5/c1-14-8-15-9(13)2-3-10(4-6-11)5-7-12/h11-12H,2-8H2,1H3. The second-order valence-corrected chi connectivity index (χ2v) is 2.96. The number of carbonyl (C=O) groups excluding carboxylic acids is 1. The maximum atomic E-state index is 11.1. The van der Waals surface area contributed by atoms with Crippen LogP contribution in [-0.4, -0.2) is 67.8 Å². The molecule has 6 nitrogen and oxygen atoms in total. The van der Waals surface area contributed by atoms with Gasteiger partial charge in [-0.15, -0.1) is 0 Å². The molecule has 0 bridgehead atoms. The number of aliphatic hydroxyl groups is 2. The predicted molar refractivity (Wildman–Crippen MR) is 53.2 cm³/mol. The van der Waals surface area contributed by atoms with Crippen LogP contribution in [0.5, 0.6) is 0 Å². The van der Waals surface area contributed by atoms with Gasteiger partial charge in [0.05, 0.1) is 19.6 Å².